The maximum absolute atomic E-state index is 12.9. The highest BCUT2D eigenvalue weighted by atomic mass is 35.5. The molecular formula is C26H20Cl2N2O7S2. The molecule has 13 heteroatoms. The molecule has 1 aliphatic heterocycles. The fraction of sp³-hybridized carbons (Fsp3) is 0.115. The summed E-state index contributed by atoms with van der Waals surface area (Å²) >= 11 is 13.0. The summed E-state index contributed by atoms with van der Waals surface area (Å²) < 4.78 is 36.3. The highest BCUT2D eigenvalue weighted by Gasteiger charge is 2.35. The van der Waals surface area contributed by atoms with E-state index >= 15 is 0 Å². The van der Waals surface area contributed by atoms with Crippen molar-refractivity contribution in [2.75, 3.05) is 12.4 Å². The minimum Gasteiger partial charge on any atom is -0.493 e. The van der Waals surface area contributed by atoms with Gasteiger partial charge in [0.15, 0.2) is 5.75 Å². The molecule has 202 valence electrons. The molecule has 3 aromatic rings. The Kier molecular flexibility index (Phi) is 8.55. The fourth-order valence-electron chi connectivity index (χ4n) is 3.53. The highest BCUT2D eigenvalue weighted by Crippen LogP contribution is 2.40. The standard InChI is InChI=1S/C26H20Cl2N2O7S2/c1-15(31)29-19-7-9-20(10-8-19)39(34,35)37-24-21(28)11-17(12-22(24)36-2)13-23-25(32)30(26(33)38-23)14-16-3-5-18(27)6-4-16/h3-13H,14H2,1-2H3,(H,29,31)/b23-13-. The smallest absolute Gasteiger partial charge is 0.339 e. The van der Waals surface area contributed by atoms with Gasteiger partial charge in [0.1, 0.15) is 4.90 Å². The molecule has 1 aliphatic rings. The van der Waals surface area contributed by atoms with Crippen LogP contribution in [-0.2, 0) is 26.3 Å². The number of nitrogens with zero attached hydrogens (tertiary/aromatic N) is 1. The topological polar surface area (TPSA) is 119 Å². The molecule has 0 radical (unpaired) electrons. The number of anilines is 1. The number of imide groups is 1. The van der Waals surface area contributed by atoms with Gasteiger partial charge in [-0.15, -0.1) is 0 Å². The monoisotopic (exact) mass is 606 g/mol. The van der Waals surface area contributed by atoms with Gasteiger partial charge in [-0.25, -0.2) is 0 Å². The normalized spacial score (nSPS) is 14.6. The molecule has 3 aromatic carbocycles. The van der Waals surface area contributed by atoms with Gasteiger partial charge < -0.3 is 14.2 Å². The number of hydrogen-bond acceptors (Lipinski definition) is 8. The number of nitrogens with one attached hydrogen (secondary N) is 1. The van der Waals surface area contributed by atoms with E-state index in [9.17, 15) is 22.8 Å². The van der Waals surface area contributed by atoms with Crippen LogP contribution in [0.5, 0.6) is 11.5 Å². The van der Waals surface area contributed by atoms with E-state index in [1.807, 2.05) is 0 Å². The Labute approximate surface area is 238 Å². The zero-order valence-electron chi connectivity index (χ0n) is 20.4. The SMILES string of the molecule is COc1cc(/C=C2\SC(=O)N(Cc3ccc(Cl)cc3)C2=O)cc(Cl)c1OS(=O)(=O)c1ccc(NC(C)=O)cc1. The van der Waals surface area contributed by atoms with Crippen LogP contribution in [0, 0.1) is 0 Å². The fourth-order valence-corrected chi connectivity index (χ4v) is 5.75. The average molecular weight is 607 g/mol. The van der Waals surface area contributed by atoms with Crippen molar-refractivity contribution in [2.45, 2.75) is 18.4 Å². The third kappa shape index (κ3) is 6.74. The van der Waals surface area contributed by atoms with Crippen LogP contribution in [0.2, 0.25) is 10.0 Å². The second kappa shape index (κ2) is 11.7. The number of thioether (sulfide) groups is 1. The van der Waals surface area contributed by atoms with E-state index in [4.69, 9.17) is 32.1 Å². The molecule has 1 N–H and O–H groups in total. The van der Waals surface area contributed by atoms with E-state index in [1.54, 1.807) is 24.3 Å². The molecule has 4 rings (SSSR count). The number of ether oxygens (including phenoxy) is 1. The van der Waals surface area contributed by atoms with Crippen molar-refractivity contribution in [3.05, 3.63) is 86.7 Å². The molecule has 0 spiro atoms. The third-order valence-electron chi connectivity index (χ3n) is 5.33. The third-order valence-corrected chi connectivity index (χ3v) is 8.01. The molecule has 39 heavy (non-hydrogen) atoms. The average Bonchev–Trinajstić information content (AvgIpc) is 3.13. The summed E-state index contributed by atoms with van der Waals surface area (Å²) in [6, 6.07) is 15.0. The van der Waals surface area contributed by atoms with E-state index in [1.165, 1.54) is 56.5 Å². The second-order valence-corrected chi connectivity index (χ2v) is 11.6. The number of carbonyl (C=O) groups is 3. The molecular weight excluding hydrogens is 587 g/mol. The van der Waals surface area contributed by atoms with Crippen molar-refractivity contribution >= 4 is 73.9 Å². The number of hydrogen-bond donors (Lipinski definition) is 1. The minimum absolute atomic E-state index is 0.00687. The van der Waals surface area contributed by atoms with Gasteiger partial charge in [0, 0.05) is 17.6 Å². The Balaban J connectivity index is 1.56. The first-order valence-corrected chi connectivity index (χ1v) is 14.1. The number of amides is 3. The molecule has 0 atom stereocenters. The summed E-state index contributed by atoms with van der Waals surface area (Å²) in [6.07, 6.45) is 1.46. The van der Waals surface area contributed by atoms with Gasteiger partial charge in [0.05, 0.1) is 23.6 Å². The van der Waals surface area contributed by atoms with Crippen molar-refractivity contribution in [3.63, 3.8) is 0 Å². The first kappa shape index (κ1) is 28.5. The first-order valence-electron chi connectivity index (χ1n) is 11.2. The second-order valence-electron chi connectivity index (χ2n) is 8.17. The van der Waals surface area contributed by atoms with Gasteiger partial charge in [-0.05, 0) is 77.5 Å². The van der Waals surface area contributed by atoms with Crippen molar-refractivity contribution in [1.82, 2.24) is 4.90 Å². The van der Waals surface area contributed by atoms with Crippen LogP contribution in [0.3, 0.4) is 0 Å². The van der Waals surface area contributed by atoms with Gasteiger partial charge in [0.2, 0.25) is 11.7 Å². The molecule has 9 nitrogen and oxygen atoms in total. The number of methoxy groups -OCH3 is 1. The zero-order valence-corrected chi connectivity index (χ0v) is 23.6. The Morgan fingerprint density at radius 1 is 1.05 bits per heavy atom. The Morgan fingerprint density at radius 3 is 2.33 bits per heavy atom. The van der Waals surface area contributed by atoms with Gasteiger partial charge in [0.25, 0.3) is 11.1 Å². The van der Waals surface area contributed by atoms with Crippen molar-refractivity contribution in [1.29, 1.82) is 0 Å². The predicted molar refractivity (Wildman–Crippen MR) is 150 cm³/mol. The van der Waals surface area contributed by atoms with E-state index in [0.29, 0.717) is 16.3 Å². The Bertz CT molecular complexity index is 1590. The minimum atomic E-state index is -4.32. The lowest BCUT2D eigenvalue weighted by Gasteiger charge is -2.14. The lowest BCUT2D eigenvalue weighted by Crippen LogP contribution is -2.27. The van der Waals surface area contributed by atoms with E-state index in [2.05, 4.69) is 5.32 Å². The largest absolute Gasteiger partial charge is 0.493 e. The molecule has 0 aromatic heterocycles. The lowest BCUT2D eigenvalue weighted by atomic mass is 10.1. The molecule has 1 fully saturated rings. The molecule has 0 unspecified atom stereocenters. The number of benzene rings is 3. The van der Waals surface area contributed by atoms with Crippen molar-refractivity contribution in [2.24, 2.45) is 0 Å². The van der Waals surface area contributed by atoms with Crippen LogP contribution in [0.4, 0.5) is 10.5 Å². The number of rotatable bonds is 8. The Hall–Kier alpha value is -3.51. The van der Waals surface area contributed by atoms with E-state index in [-0.39, 0.29) is 38.8 Å². The first-order chi connectivity index (χ1) is 18.5. The summed E-state index contributed by atoms with van der Waals surface area (Å²) in [5.74, 6) is -1.05. The van der Waals surface area contributed by atoms with E-state index in [0.717, 1.165) is 22.2 Å². The summed E-state index contributed by atoms with van der Waals surface area (Å²) in [5, 5.41) is 2.55. The van der Waals surface area contributed by atoms with Crippen LogP contribution >= 0.6 is 35.0 Å². The summed E-state index contributed by atoms with van der Waals surface area (Å²) in [5.41, 5.74) is 1.54. The van der Waals surface area contributed by atoms with Crippen LogP contribution in [0.1, 0.15) is 18.1 Å². The molecule has 0 saturated carbocycles. The summed E-state index contributed by atoms with van der Waals surface area (Å²) in [6.45, 7) is 1.41. The molecule has 1 heterocycles. The Morgan fingerprint density at radius 2 is 1.72 bits per heavy atom. The molecule has 0 bridgehead atoms. The molecule has 1 saturated heterocycles. The summed E-state index contributed by atoms with van der Waals surface area (Å²) in [4.78, 5) is 37.7. The maximum Gasteiger partial charge on any atom is 0.339 e. The van der Waals surface area contributed by atoms with Crippen LogP contribution in [0.15, 0.2) is 70.5 Å². The predicted octanol–water partition coefficient (Wildman–Crippen LogP) is 5.96. The van der Waals surface area contributed by atoms with Gasteiger partial charge in [-0.3, -0.25) is 19.3 Å². The zero-order chi connectivity index (χ0) is 28.3. The van der Waals surface area contributed by atoms with Crippen LogP contribution in [-0.4, -0.2) is 37.5 Å². The van der Waals surface area contributed by atoms with Gasteiger partial charge in [-0.2, -0.15) is 8.42 Å². The molecule has 3 amide bonds. The summed E-state index contributed by atoms with van der Waals surface area (Å²) in [7, 11) is -3.01. The van der Waals surface area contributed by atoms with Gasteiger partial charge in [-0.1, -0.05) is 35.3 Å². The van der Waals surface area contributed by atoms with Crippen LogP contribution in [0.25, 0.3) is 6.08 Å². The van der Waals surface area contributed by atoms with Crippen LogP contribution < -0.4 is 14.2 Å². The maximum atomic E-state index is 12.9. The lowest BCUT2D eigenvalue weighted by molar-refractivity contribution is -0.123. The van der Waals surface area contributed by atoms with Crippen molar-refractivity contribution < 1.29 is 31.7 Å². The number of carbonyl (C=O) groups excluding carboxylic acids is 3. The van der Waals surface area contributed by atoms with E-state index < -0.39 is 21.3 Å². The van der Waals surface area contributed by atoms with Crippen molar-refractivity contribution in [3.8, 4) is 11.5 Å². The number of halogens is 2. The van der Waals surface area contributed by atoms with Gasteiger partial charge >= 0.3 is 10.1 Å². The quantitative estimate of drug-likeness (QED) is 0.246. The highest BCUT2D eigenvalue weighted by molar-refractivity contribution is 8.18. The molecule has 0 aliphatic carbocycles.